The predicted molar refractivity (Wildman–Crippen MR) is 80.9 cm³/mol. The third-order valence-corrected chi connectivity index (χ3v) is 4.64. The molecule has 1 aliphatic heterocycles. The highest BCUT2D eigenvalue weighted by Gasteiger charge is 2.51. The molecule has 104 valence electrons. The second-order valence-corrected chi connectivity index (χ2v) is 6.56. The van der Waals surface area contributed by atoms with Gasteiger partial charge in [-0.25, -0.2) is 0 Å². The van der Waals surface area contributed by atoms with Crippen LogP contribution in [0.2, 0.25) is 0 Å². The molecule has 0 aliphatic carbocycles. The molecule has 2 nitrogen and oxygen atoms in total. The Hall–Kier alpha value is -0.795. The minimum Gasteiger partial charge on any atom is -0.399 e. The average Bonchev–Trinajstić information content (AvgIpc) is 2.58. The van der Waals surface area contributed by atoms with E-state index in [2.05, 4.69) is 65.8 Å². The van der Waals surface area contributed by atoms with Crippen molar-refractivity contribution in [3.05, 3.63) is 29.8 Å². The summed E-state index contributed by atoms with van der Waals surface area (Å²) in [5.41, 5.74) is 1.94. The fourth-order valence-electron chi connectivity index (χ4n) is 2.20. The lowest BCUT2D eigenvalue weighted by Crippen LogP contribution is -2.41. The lowest BCUT2D eigenvalue weighted by Gasteiger charge is -2.32. The highest BCUT2D eigenvalue weighted by Crippen LogP contribution is 2.36. The van der Waals surface area contributed by atoms with Gasteiger partial charge in [-0.05, 0) is 51.1 Å². The van der Waals surface area contributed by atoms with E-state index in [1.807, 2.05) is 0 Å². The van der Waals surface area contributed by atoms with Crippen LogP contribution in [-0.2, 0) is 9.31 Å². The molecule has 1 aromatic rings. The summed E-state index contributed by atoms with van der Waals surface area (Å²) < 4.78 is 12.1. The molecule has 0 amide bonds. The maximum absolute atomic E-state index is 6.05. The van der Waals surface area contributed by atoms with Crippen LogP contribution in [0.3, 0.4) is 0 Å². The largest absolute Gasteiger partial charge is 0.494 e. The number of hydrogen-bond acceptors (Lipinski definition) is 2. The fourth-order valence-corrected chi connectivity index (χ4v) is 2.20. The van der Waals surface area contributed by atoms with Crippen LogP contribution in [0.1, 0.15) is 59.4 Å². The zero-order valence-corrected chi connectivity index (χ0v) is 13.0. The van der Waals surface area contributed by atoms with Gasteiger partial charge in [0, 0.05) is 0 Å². The van der Waals surface area contributed by atoms with Gasteiger partial charge in [0.2, 0.25) is 0 Å². The van der Waals surface area contributed by atoms with Gasteiger partial charge in [0.05, 0.1) is 11.2 Å². The van der Waals surface area contributed by atoms with Gasteiger partial charge < -0.3 is 9.31 Å². The molecule has 1 atom stereocenters. The number of rotatable bonds is 3. The minimum atomic E-state index is -0.271. The Balaban J connectivity index is 2.17. The smallest absolute Gasteiger partial charge is 0.399 e. The van der Waals surface area contributed by atoms with Crippen LogP contribution in [0.25, 0.3) is 0 Å². The first-order valence-corrected chi connectivity index (χ1v) is 7.22. The Morgan fingerprint density at radius 1 is 1.00 bits per heavy atom. The third kappa shape index (κ3) is 2.73. The average molecular weight is 260 g/mol. The summed E-state index contributed by atoms with van der Waals surface area (Å²) in [4.78, 5) is 0. The summed E-state index contributed by atoms with van der Waals surface area (Å²) in [5.74, 6) is 0.604. The molecule has 1 aliphatic rings. The van der Waals surface area contributed by atoms with E-state index >= 15 is 0 Å². The van der Waals surface area contributed by atoms with E-state index in [0.717, 1.165) is 11.9 Å². The lowest BCUT2D eigenvalue weighted by atomic mass is 9.78. The topological polar surface area (TPSA) is 18.5 Å². The fraction of sp³-hybridized carbons (Fsp3) is 0.625. The standard InChI is InChI=1S/C16H25BO2/c1-7-12(2)13-8-10-14(11-9-13)17-18-15(3,4)16(5,6)19-17/h8-12H,7H2,1-6H3. The summed E-state index contributed by atoms with van der Waals surface area (Å²) in [7, 11) is -0.254. The molecule has 0 spiro atoms. The molecular weight excluding hydrogens is 235 g/mol. The summed E-state index contributed by atoms with van der Waals surface area (Å²) in [6.07, 6.45) is 1.16. The van der Waals surface area contributed by atoms with E-state index < -0.39 is 0 Å². The summed E-state index contributed by atoms with van der Waals surface area (Å²) in [5, 5.41) is 0. The van der Waals surface area contributed by atoms with Crippen molar-refractivity contribution in [2.45, 2.75) is 65.1 Å². The summed E-state index contributed by atoms with van der Waals surface area (Å²) in [6, 6.07) is 8.64. The van der Waals surface area contributed by atoms with Gasteiger partial charge in [0.1, 0.15) is 0 Å². The normalized spacial score (nSPS) is 22.5. The van der Waals surface area contributed by atoms with Crippen LogP contribution in [-0.4, -0.2) is 18.3 Å². The van der Waals surface area contributed by atoms with E-state index in [1.54, 1.807) is 0 Å². The Morgan fingerprint density at radius 3 is 1.89 bits per heavy atom. The molecule has 1 heterocycles. The van der Waals surface area contributed by atoms with Crippen LogP contribution in [0, 0.1) is 0 Å². The maximum atomic E-state index is 6.05. The number of benzene rings is 1. The SMILES string of the molecule is CCC(C)c1ccc(B2OC(C)(C)C(C)(C)O2)cc1. The van der Waals surface area contributed by atoms with Gasteiger partial charge in [-0.1, -0.05) is 38.1 Å². The zero-order valence-electron chi connectivity index (χ0n) is 13.0. The van der Waals surface area contributed by atoms with Crippen LogP contribution in [0.5, 0.6) is 0 Å². The first kappa shape index (κ1) is 14.6. The van der Waals surface area contributed by atoms with Gasteiger partial charge >= 0.3 is 7.12 Å². The first-order chi connectivity index (χ1) is 8.77. The Labute approximate surface area is 117 Å². The molecule has 1 aromatic carbocycles. The Bertz CT molecular complexity index is 421. The zero-order chi connectivity index (χ0) is 14.3. The van der Waals surface area contributed by atoms with E-state index in [9.17, 15) is 0 Å². The van der Waals surface area contributed by atoms with Crippen molar-refractivity contribution in [1.29, 1.82) is 0 Å². The van der Waals surface area contributed by atoms with Crippen molar-refractivity contribution >= 4 is 12.6 Å². The van der Waals surface area contributed by atoms with Crippen LogP contribution in [0.15, 0.2) is 24.3 Å². The quantitative estimate of drug-likeness (QED) is 0.774. The highest BCUT2D eigenvalue weighted by atomic mass is 16.7. The monoisotopic (exact) mass is 260 g/mol. The van der Waals surface area contributed by atoms with Crippen molar-refractivity contribution in [3.63, 3.8) is 0 Å². The molecule has 19 heavy (non-hydrogen) atoms. The molecule has 2 rings (SSSR count). The molecule has 1 saturated heterocycles. The molecule has 0 saturated carbocycles. The van der Waals surface area contributed by atoms with E-state index in [0.29, 0.717) is 5.92 Å². The second-order valence-electron chi connectivity index (χ2n) is 6.56. The van der Waals surface area contributed by atoms with Crippen LogP contribution >= 0.6 is 0 Å². The van der Waals surface area contributed by atoms with E-state index in [4.69, 9.17) is 9.31 Å². The summed E-state index contributed by atoms with van der Waals surface area (Å²) >= 11 is 0. The Morgan fingerprint density at radius 2 is 1.47 bits per heavy atom. The van der Waals surface area contributed by atoms with E-state index in [-0.39, 0.29) is 18.3 Å². The van der Waals surface area contributed by atoms with Gasteiger partial charge in [-0.15, -0.1) is 0 Å². The van der Waals surface area contributed by atoms with Gasteiger partial charge in [0.25, 0.3) is 0 Å². The lowest BCUT2D eigenvalue weighted by molar-refractivity contribution is 0.00578. The molecule has 0 N–H and O–H groups in total. The Kier molecular flexibility index (Phi) is 3.81. The maximum Gasteiger partial charge on any atom is 0.494 e. The van der Waals surface area contributed by atoms with Crippen LogP contribution < -0.4 is 5.46 Å². The molecule has 1 unspecified atom stereocenters. The van der Waals surface area contributed by atoms with Crippen LogP contribution in [0.4, 0.5) is 0 Å². The molecular formula is C16H25BO2. The van der Waals surface area contributed by atoms with Gasteiger partial charge in [0.15, 0.2) is 0 Å². The molecule has 1 fully saturated rings. The van der Waals surface area contributed by atoms with Crippen molar-refractivity contribution < 1.29 is 9.31 Å². The minimum absolute atomic E-state index is 0.254. The van der Waals surface area contributed by atoms with Crippen molar-refractivity contribution in [2.75, 3.05) is 0 Å². The number of hydrogen-bond donors (Lipinski definition) is 0. The van der Waals surface area contributed by atoms with Gasteiger partial charge in [-0.2, -0.15) is 0 Å². The second kappa shape index (κ2) is 4.95. The van der Waals surface area contributed by atoms with Crippen molar-refractivity contribution in [1.82, 2.24) is 0 Å². The summed E-state index contributed by atoms with van der Waals surface area (Å²) in [6.45, 7) is 12.8. The van der Waals surface area contributed by atoms with Crippen molar-refractivity contribution in [3.8, 4) is 0 Å². The third-order valence-electron chi connectivity index (χ3n) is 4.64. The molecule has 3 heteroatoms. The predicted octanol–water partition coefficient (Wildman–Crippen LogP) is 3.50. The molecule has 0 radical (unpaired) electrons. The van der Waals surface area contributed by atoms with E-state index in [1.165, 1.54) is 5.56 Å². The highest BCUT2D eigenvalue weighted by molar-refractivity contribution is 6.62. The van der Waals surface area contributed by atoms with Gasteiger partial charge in [-0.3, -0.25) is 0 Å². The molecule has 0 aromatic heterocycles. The van der Waals surface area contributed by atoms with Crippen molar-refractivity contribution in [2.24, 2.45) is 0 Å². The molecule has 0 bridgehead atoms. The first-order valence-electron chi connectivity index (χ1n) is 7.22.